The largest absolute Gasteiger partial charge is 0.0654 e. The van der Waals surface area contributed by atoms with E-state index in [2.05, 4.69) is 20.8 Å². The second-order valence-corrected chi connectivity index (χ2v) is 7.70. The summed E-state index contributed by atoms with van der Waals surface area (Å²) in [4.78, 5) is 0. The van der Waals surface area contributed by atoms with Crippen molar-refractivity contribution >= 4 is 0 Å². The summed E-state index contributed by atoms with van der Waals surface area (Å²) in [6, 6.07) is 0. The zero-order chi connectivity index (χ0) is 15.3. The third kappa shape index (κ3) is 9.59. The normalized spacial score (nSPS) is 22.4. The van der Waals surface area contributed by atoms with Gasteiger partial charge in [0.15, 0.2) is 0 Å². The molecule has 0 aliphatic heterocycles. The quantitative estimate of drug-likeness (QED) is 0.271. The van der Waals surface area contributed by atoms with Crippen molar-refractivity contribution in [2.75, 3.05) is 0 Å². The Morgan fingerprint density at radius 2 is 1.33 bits per heavy atom. The average molecular weight is 295 g/mol. The van der Waals surface area contributed by atoms with Crippen LogP contribution in [0.15, 0.2) is 0 Å². The van der Waals surface area contributed by atoms with Crippen LogP contribution in [0.3, 0.4) is 0 Å². The van der Waals surface area contributed by atoms with Crippen molar-refractivity contribution in [2.24, 2.45) is 17.8 Å². The Hall–Kier alpha value is 0. The molecule has 3 unspecified atom stereocenters. The molecular formula is C21H42. The molecule has 0 radical (unpaired) electrons. The Morgan fingerprint density at radius 1 is 0.667 bits per heavy atom. The molecule has 0 spiro atoms. The van der Waals surface area contributed by atoms with Crippen LogP contribution in [0.2, 0.25) is 0 Å². The van der Waals surface area contributed by atoms with E-state index in [-0.39, 0.29) is 0 Å². The smallest absolute Gasteiger partial charge is 0.0380 e. The molecule has 21 heavy (non-hydrogen) atoms. The van der Waals surface area contributed by atoms with Crippen molar-refractivity contribution in [3.05, 3.63) is 0 Å². The first kappa shape index (κ1) is 19.0. The van der Waals surface area contributed by atoms with Crippen LogP contribution < -0.4 is 0 Å². The second kappa shape index (κ2) is 12.5. The summed E-state index contributed by atoms with van der Waals surface area (Å²) in [6.07, 6.45) is 22.2. The summed E-state index contributed by atoms with van der Waals surface area (Å²) in [6.45, 7) is 7.00. The Kier molecular flexibility index (Phi) is 11.4. The predicted molar refractivity (Wildman–Crippen MR) is 96.7 cm³/mol. The lowest BCUT2D eigenvalue weighted by Crippen LogP contribution is -2.02. The van der Waals surface area contributed by atoms with Gasteiger partial charge in [-0.2, -0.15) is 0 Å². The molecule has 0 aromatic rings. The van der Waals surface area contributed by atoms with Crippen LogP contribution in [0, 0.1) is 17.8 Å². The van der Waals surface area contributed by atoms with E-state index in [1.165, 1.54) is 77.0 Å². The van der Waals surface area contributed by atoms with E-state index in [9.17, 15) is 0 Å². The Morgan fingerprint density at radius 3 is 2.05 bits per heavy atom. The maximum Gasteiger partial charge on any atom is -0.0380 e. The van der Waals surface area contributed by atoms with Gasteiger partial charge in [-0.25, -0.2) is 0 Å². The molecule has 0 heterocycles. The monoisotopic (exact) mass is 294 g/mol. The lowest BCUT2D eigenvalue weighted by Gasteiger charge is -2.16. The van der Waals surface area contributed by atoms with Gasteiger partial charge in [-0.1, -0.05) is 104 Å². The molecule has 0 nitrogen and oxygen atoms in total. The van der Waals surface area contributed by atoms with E-state index in [1.807, 2.05) is 0 Å². The average Bonchev–Trinajstić information content (AvgIpc) is 3.21. The van der Waals surface area contributed by atoms with Crippen molar-refractivity contribution in [1.82, 2.24) is 0 Å². The second-order valence-electron chi connectivity index (χ2n) is 7.70. The Balaban J connectivity index is 2.01. The molecule has 0 N–H and O–H groups in total. The molecule has 1 aliphatic rings. The molecule has 0 aromatic carbocycles. The molecule has 0 bridgehead atoms. The lowest BCUT2D eigenvalue weighted by atomic mass is 9.90. The van der Waals surface area contributed by atoms with Gasteiger partial charge in [-0.15, -0.1) is 0 Å². The molecule has 3 atom stereocenters. The Labute approximate surface area is 135 Å². The van der Waals surface area contributed by atoms with Gasteiger partial charge in [0.2, 0.25) is 0 Å². The molecule has 1 aliphatic carbocycles. The zero-order valence-electron chi connectivity index (χ0n) is 15.3. The minimum absolute atomic E-state index is 1.06. The van der Waals surface area contributed by atoms with Crippen LogP contribution >= 0.6 is 0 Å². The molecule has 1 fully saturated rings. The van der Waals surface area contributed by atoms with Gasteiger partial charge < -0.3 is 0 Å². The van der Waals surface area contributed by atoms with Crippen LogP contribution in [0.1, 0.15) is 117 Å². The van der Waals surface area contributed by atoms with Gasteiger partial charge in [0.1, 0.15) is 0 Å². The number of hydrogen-bond donors (Lipinski definition) is 0. The van der Waals surface area contributed by atoms with Crippen LogP contribution in [0.4, 0.5) is 0 Å². The molecule has 1 saturated carbocycles. The summed E-state index contributed by atoms with van der Waals surface area (Å²) in [5, 5.41) is 0. The third-order valence-corrected chi connectivity index (χ3v) is 5.55. The van der Waals surface area contributed by atoms with Gasteiger partial charge in [0, 0.05) is 0 Å². The van der Waals surface area contributed by atoms with Crippen LogP contribution in [0.5, 0.6) is 0 Å². The topological polar surface area (TPSA) is 0 Å². The maximum atomic E-state index is 2.37. The first-order valence-electron chi connectivity index (χ1n) is 10.3. The van der Waals surface area contributed by atoms with Crippen molar-refractivity contribution in [3.63, 3.8) is 0 Å². The van der Waals surface area contributed by atoms with Crippen LogP contribution in [-0.2, 0) is 0 Å². The summed E-state index contributed by atoms with van der Waals surface area (Å²) in [5.41, 5.74) is 0. The minimum atomic E-state index is 1.06. The number of hydrogen-bond acceptors (Lipinski definition) is 0. The summed E-state index contributed by atoms with van der Waals surface area (Å²) in [5.74, 6) is 3.31. The molecule has 126 valence electrons. The fraction of sp³-hybridized carbons (Fsp3) is 1.00. The van der Waals surface area contributed by atoms with E-state index >= 15 is 0 Å². The zero-order valence-corrected chi connectivity index (χ0v) is 15.3. The summed E-state index contributed by atoms with van der Waals surface area (Å²) < 4.78 is 0. The molecule has 0 amide bonds. The number of rotatable bonds is 15. The molecule has 0 saturated heterocycles. The first-order chi connectivity index (χ1) is 10.3. The van der Waals surface area contributed by atoms with Crippen molar-refractivity contribution in [1.29, 1.82) is 0 Å². The van der Waals surface area contributed by atoms with Crippen LogP contribution in [-0.4, -0.2) is 0 Å². The molecular weight excluding hydrogens is 252 g/mol. The van der Waals surface area contributed by atoms with Crippen molar-refractivity contribution in [2.45, 2.75) is 117 Å². The fourth-order valence-electron chi connectivity index (χ4n) is 4.04. The van der Waals surface area contributed by atoms with Gasteiger partial charge in [-0.05, 0) is 30.6 Å². The van der Waals surface area contributed by atoms with Crippen LogP contribution in [0.25, 0.3) is 0 Å². The highest BCUT2D eigenvalue weighted by molar-refractivity contribution is 4.87. The number of unbranched alkanes of at least 4 members (excludes halogenated alkanes) is 7. The maximum absolute atomic E-state index is 2.37. The third-order valence-electron chi connectivity index (χ3n) is 5.55. The van der Waals surface area contributed by atoms with E-state index in [0.717, 1.165) is 17.8 Å². The highest BCUT2D eigenvalue weighted by atomic mass is 14.4. The van der Waals surface area contributed by atoms with E-state index in [1.54, 1.807) is 19.3 Å². The molecule has 0 aromatic heterocycles. The predicted octanol–water partition coefficient (Wildman–Crippen LogP) is 7.76. The van der Waals surface area contributed by atoms with Gasteiger partial charge in [0.25, 0.3) is 0 Å². The van der Waals surface area contributed by atoms with Crippen molar-refractivity contribution < 1.29 is 0 Å². The Bertz CT molecular complexity index is 220. The van der Waals surface area contributed by atoms with Crippen molar-refractivity contribution in [3.8, 4) is 0 Å². The highest BCUT2D eigenvalue weighted by Crippen LogP contribution is 2.47. The first-order valence-corrected chi connectivity index (χ1v) is 10.3. The minimum Gasteiger partial charge on any atom is -0.0654 e. The molecule has 0 heteroatoms. The standard InChI is InChI=1S/C21H42/c1-4-7-9-10-11-13-16-20-18-21(20)17-19(14-6-3)15-12-8-5-2/h19-21H,4-18H2,1-3H3. The van der Waals surface area contributed by atoms with Gasteiger partial charge in [-0.3, -0.25) is 0 Å². The summed E-state index contributed by atoms with van der Waals surface area (Å²) in [7, 11) is 0. The van der Waals surface area contributed by atoms with Gasteiger partial charge in [0.05, 0.1) is 0 Å². The lowest BCUT2D eigenvalue weighted by molar-refractivity contribution is 0.367. The van der Waals surface area contributed by atoms with Gasteiger partial charge >= 0.3 is 0 Å². The van der Waals surface area contributed by atoms with E-state index in [0.29, 0.717) is 0 Å². The summed E-state index contributed by atoms with van der Waals surface area (Å²) >= 11 is 0. The van der Waals surface area contributed by atoms with E-state index < -0.39 is 0 Å². The fourth-order valence-corrected chi connectivity index (χ4v) is 4.04. The van der Waals surface area contributed by atoms with E-state index in [4.69, 9.17) is 0 Å². The highest BCUT2D eigenvalue weighted by Gasteiger charge is 2.37. The SMILES string of the molecule is CCCCCCCCC1CC1CC(CCC)CCCCC. The molecule has 1 rings (SSSR count).